The van der Waals surface area contributed by atoms with Crippen molar-refractivity contribution in [1.82, 2.24) is 24.3 Å². The number of aromatic nitrogens is 2. The summed E-state index contributed by atoms with van der Waals surface area (Å²) in [5.41, 5.74) is 1.40. The summed E-state index contributed by atoms with van der Waals surface area (Å²) in [6.07, 6.45) is -10.8. The third-order valence-electron chi connectivity index (χ3n) is 6.79. The van der Waals surface area contributed by atoms with Gasteiger partial charge in [-0.05, 0) is 26.8 Å². The Kier molecular flexibility index (Phi) is 15.0. The molecule has 1 aromatic rings. The van der Waals surface area contributed by atoms with Crippen LogP contribution in [0.15, 0.2) is 6.20 Å². The smallest absolute Gasteiger partial charge is 0.475 e. The van der Waals surface area contributed by atoms with Gasteiger partial charge in [0, 0.05) is 71.3 Å². The van der Waals surface area contributed by atoms with Gasteiger partial charge in [-0.3, -0.25) is 9.80 Å². The second-order valence-electron chi connectivity index (χ2n) is 10.0. The molecule has 0 saturated carbocycles. The molecule has 0 amide bonds. The van der Waals surface area contributed by atoms with E-state index in [4.69, 9.17) is 39.4 Å². The lowest BCUT2D eigenvalue weighted by molar-refractivity contribution is -0.193. The van der Waals surface area contributed by atoms with Gasteiger partial charge in [-0.1, -0.05) is 0 Å². The van der Waals surface area contributed by atoms with E-state index in [9.17, 15) is 39.5 Å². The second kappa shape index (κ2) is 16.9. The molecule has 260 valence electrons. The SMILES string of the molecule is CC1c2ncc(CN3CCN(C)CC3)n2CCN1C1CCOCC1.O=C(O)C(F)(F)F.O=C(O)C(F)(F)F.O=C(O)C(F)(F)F. The summed E-state index contributed by atoms with van der Waals surface area (Å²) in [5, 5.41) is 21.4. The lowest BCUT2D eigenvalue weighted by atomic mass is 10.0. The average molecular weight is 676 g/mol. The van der Waals surface area contributed by atoms with Gasteiger partial charge in [-0.25, -0.2) is 19.4 Å². The van der Waals surface area contributed by atoms with Gasteiger partial charge in [0.2, 0.25) is 0 Å². The molecular weight excluding hydrogens is 641 g/mol. The van der Waals surface area contributed by atoms with E-state index >= 15 is 0 Å². The number of carbonyl (C=O) groups is 3. The molecule has 0 spiro atoms. The van der Waals surface area contributed by atoms with E-state index in [-0.39, 0.29) is 0 Å². The number of piperazine rings is 1. The highest BCUT2D eigenvalue weighted by Gasteiger charge is 2.39. The van der Waals surface area contributed by atoms with Crippen molar-refractivity contribution in [3.8, 4) is 0 Å². The Labute approximate surface area is 250 Å². The number of fused-ring (bicyclic) bond motifs is 1. The summed E-state index contributed by atoms with van der Waals surface area (Å²) in [7, 11) is 2.21. The maximum atomic E-state index is 10.6. The summed E-state index contributed by atoms with van der Waals surface area (Å²) in [4.78, 5) is 39.1. The molecule has 0 aromatic carbocycles. The predicted octanol–water partition coefficient (Wildman–Crippen LogP) is 3.09. The van der Waals surface area contributed by atoms with Crippen molar-refractivity contribution in [2.75, 3.05) is 53.0 Å². The zero-order chi connectivity index (χ0) is 34.8. The summed E-state index contributed by atoms with van der Waals surface area (Å²) in [6, 6.07) is 1.09. The number of nitrogens with zero attached hydrogens (tertiary/aromatic N) is 5. The van der Waals surface area contributed by atoms with Crippen LogP contribution in [0.25, 0.3) is 0 Å². The number of rotatable bonds is 3. The Balaban J connectivity index is 0.000000396. The van der Waals surface area contributed by atoms with Crippen molar-refractivity contribution in [1.29, 1.82) is 0 Å². The molecule has 0 aliphatic carbocycles. The molecule has 12 nitrogen and oxygen atoms in total. The number of imidazole rings is 1. The van der Waals surface area contributed by atoms with Crippen LogP contribution in [0.1, 0.15) is 37.3 Å². The number of ether oxygens (including phenoxy) is 1. The normalized spacial score (nSPS) is 20.3. The van der Waals surface area contributed by atoms with Crippen LogP contribution < -0.4 is 0 Å². The molecule has 45 heavy (non-hydrogen) atoms. The molecule has 1 aromatic heterocycles. The van der Waals surface area contributed by atoms with Crippen molar-refractivity contribution < 1.29 is 74.0 Å². The number of halogens is 9. The van der Waals surface area contributed by atoms with E-state index in [1.165, 1.54) is 50.5 Å². The van der Waals surface area contributed by atoms with Gasteiger partial charge in [0.15, 0.2) is 0 Å². The zero-order valence-electron chi connectivity index (χ0n) is 24.1. The monoisotopic (exact) mass is 675 g/mol. The van der Waals surface area contributed by atoms with E-state index in [1.807, 2.05) is 0 Å². The summed E-state index contributed by atoms with van der Waals surface area (Å²) in [6.45, 7) is 12.1. The second-order valence-corrected chi connectivity index (χ2v) is 10.0. The first-order valence-electron chi connectivity index (χ1n) is 13.2. The van der Waals surface area contributed by atoms with Crippen molar-refractivity contribution in [3.05, 3.63) is 17.7 Å². The minimum atomic E-state index is -5.08. The van der Waals surface area contributed by atoms with Gasteiger partial charge in [0.1, 0.15) is 5.82 Å². The molecule has 1 unspecified atom stereocenters. The van der Waals surface area contributed by atoms with Gasteiger partial charge < -0.3 is 29.5 Å². The third kappa shape index (κ3) is 13.8. The van der Waals surface area contributed by atoms with Crippen LogP contribution in [0.2, 0.25) is 0 Å². The maximum absolute atomic E-state index is 10.6. The molecule has 3 aliphatic heterocycles. The fraction of sp³-hybridized carbons (Fsp3) is 0.750. The number of hydrogen-bond acceptors (Lipinski definition) is 8. The largest absolute Gasteiger partial charge is 0.490 e. The van der Waals surface area contributed by atoms with Crippen LogP contribution in [-0.4, -0.2) is 135 Å². The Morgan fingerprint density at radius 2 is 1.22 bits per heavy atom. The van der Waals surface area contributed by atoms with Gasteiger partial charge in [0.25, 0.3) is 0 Å². The summed E-state index contributed by atoms with van der Waals surface area (Å²) >= 11 is 0. The van der Waals surface area contributed by atoms with Crippen LogP contribution in [-0.2, 0) is 32.2 Å². The molecule has 2 fully saturated rings. The van der Waals surface area contributed by atoms with Crippen LogP contribution >= 0.6 is 0 Å². The van der Waals surface area contributed by atoms with Crippen LogP contribution in [0, 0.1) is 0 Å². The minimum Gasteiger partial charge on any atom is -0.475 e. The van der Waals surface area contributed by atoms with Crippen molar-refractivity contribution in [3.63, 3.8) is 0 Å². The standard InChI is InChI=1S/C18H31N5O.3C2HF3O2/c1-15-18-19-13-17(14-21-7-5-20(2)6-8-21)23(18)10-9-22(15)16-3-11-24-12-4-16;3*3-2(4,5)1(6)7/h13,15-16H,3-12,14H2,1-2H3;3*(H,6,7). The number of carboxylic acid groups (broad SMARTS) is 3. The number of alkyl halides is 9. The number of aliphatic carboxylic acids is 3. The lowest BCUT2D eigenvalue weighted by Gasteiger charge is -2.41. The topological polar surface area (TPSA) is 149 Å². The Bertz CT molecular complexity index is 1040. The quantitative estimate of drug-likeness (QED) is 0.406. The highest BCUT2D eigenvalue weighted by Crippen LogP contribution is 2.30. The Morgan fingerprint density at radius 3 is 1.62 bits per heavy atom. The Hall–Kier alpha value is -3.17. The van der Waals surface area contributed by atoms with Gasteiger partial charge in [-0.2, -0.15) is 39.5 Å². The molecule has 4 rings (SSSR count). The predicted molar refractivity (Wildman–Crippen MR) is 135 cm³/mol. The van der Waals surface area contributed by atoms with Crippen molar-refractivity contribution >= 4 is 17.9 Å². The van der Waals surface area contributed by atoms with E-state index in [2.05, 4.69) is 39.4 Å². The van der Waals surface area contributed by atoms with E-state index in [0.29, 0.717) is 12.1 Å². The zero-order valence-corrected chi connectivity index (χ0v) is 24.1. The molecule has 0 radical (unpaired) electrons. The Morgan fingerprint density at radius 1 is 0.800 bits per heavy atom. The van der Waals surface area contributed by atoms with Crippen LogP contribution in [0.4, 0.5) is 39.5 Å². The first-order valence-corrected chi connectivity index (χ1v) is 13.2. The number of carboxylic acids is 3. The van der Waals surface area contributed by atoms with E-state index in [0.717, 1.165) is 32.8 Å². The summed E-state index contributed by atoms with van der Waals surface area (Å²) in [5.74, 6) is -7.01. The maximum Gasteiger partial charge on any atom is 0.490 e. The average Bonchev–Trinajstić information content (AvgIpc) is 3.33. The highest BCUT2D eigenvalue weighted by atomic mass is 19.4. The fourth-order valence-electron chi connectivity index (χ4n) is 4.45. The number of hydrogen-bond donors (Lipinski definition) is 3. The van der Waals surface area contributed by atoms with Gasteiger partial charge in [0.05, 0.1) is 11.7 Å². The van der Waals surface area contributed by atoms with Crippen molar-refractivity contribution in [2.45, 2.75) is 63.5 Å². The van der Waals surface area contributed by atoms with Crippen LogP contribution in [0.5, 0.6) is 0 Å². The molecule has 2 saturated heterocycles. The fourth-order valence-corrected chi connectivity index (χ4v) is 4.45. The molecule has 3 aliphatic rings. The van der Waals surface area contributed by atoms with Crippen LogP contribution in [0.3, 0.4) is 0 Å². The third-order valence-corrected chi connectivity index (χ3v) is 6.79. The summed E-state index contributed by atoms with van der Waals surface area (Å²) < 4.78 is 103. The lowest BCUT2D eigenvalue weighted by Crippen LogP contribution is -2.47. The highest BCUT2D eigenvalue weighted by molar-refractivity contribution is 5.73. The van der Waals surface area contributed by atoms with E-state index < -0.39 is 36.4 Å². The van der Waals surface area contributed by atoms with E-state index in [1.54, 1.807) is 0 Å². The van der Waals surface area contributed by atoms with Crippen molar-refractivity contribution in [2.24, 2.45) is 0 Å². The molecule has 21 heteroatoms. The van der Waals surface area contributed by atoms with Gasteiger partial charge in [-0.15, -0.1) is 0 Å². The minimum absolute atomic E-state index is 0.420. The molecule has 3 N–H and O–H groups in total. The first kappa shape index (κ1) is 39.9. The van der Waals surface area contributed by atoms with Gasteiger partial charge >= 0.3 is 36.4 Å². The first-order chi connectivity index (χ1) is 20.6. The number of likely N-dealkylation sites (N-methyl/N-ethyl adjacent to an activating group) is 1. The molecular formula is C24H34F9N5O7. The molecule has 1 atom stereocenters. The molecule has 4 heterocycles. The molecule has 0 bridgehead atoms.